The molecule has 2 N–H and O–H groups in total. The summed E-state index contributed by atoms with van der Waals surface area (Å²) in [6.07, 6.45) is 2.31. The van der Waals surface area contributed by atoms with Gasteiger partial charge in [0.15, 0.2) is 0 Å². The van der Waals surface area contributed by atoms with Crippen LogP contribution in [0, 0.1) is 0 Å². The van der Waals surface area contributed by atoms with Crippen LogP contribution in [0.1, 0.15) is 49.2 Å². The Balaban J connectivity index is 1.88. The highest BCUT2D eigenvalue weighted by Crippen LogP contribution is 2.28. The van der Waals surface area contributed by atoms with Crippen molar-refractivity contribution in [3.8, 4) is 0 Å². The summed E-state index contributed by atoms with van der Waals surface area (Å²) in [5, 5.41) is 17.2. The molecule has 3 atom stereocenters. The molecule has 0 aliphatic carbocycles. The first-order valence-corrected chi connectivity index (χ1v) is 11.8. The van der Waals surface area contributed by atoms with Gasteiger partial charge in [-0.3, -0.25) is 0 Å². The zero-order chi connectivity index (χ0) is 23.0. The topological polar surface area (TPSA) is 71.5 Å². The molecule has 3 aromatic rings. The standard InChI is InChI=1S/C26H32N2O3S/c1-26(2,3)31-25(30)28-24(22(29)14-15-23-27-16-17-32-23)21(20-12-8-5-9-13-20)18-19-10-6-4-7-11-19/h4-13,16-17,21-22,24,29H,14-15,18H2,1-3H3,(H,28,30)/t21?,22-,24-/m0/s1. The van der Waals surface area contributed by atoms with Gasteiger partial charge in [0, 0.05) is 23.9 Å². The van der Waals surface area contributed by atoms with Crippen LogP contribution in [0.5, 0.6) is 0 Å². The number of ether oxygens (including phenoxy) is 1. The minimum Gasteiger partial charge on any atom is -0.444 e. The zero-order valence-electron chi connectivity index (χ0n) is 18.9. The Bertz CT molecular complexity index is 940. The number of aliphatic hydroxyl groups excluding tert-OH is 1. The maximum absolute atomic E-state index is 12.7. The van der Waals surface area contributed by atoms with Crippen molar-refractivity contribution in [2.75, 3.05) is 0 Å². The lowest BCUT2D eigenvalue weighted by atomic mass is 9.82. The smallest absolute Gasteiger partial charge is 0.407 e. The molecule has 1 unspecified atom stereocenters. The van der Waals surface area contributed by atoms with E-state index < -0.39 is 23.8 Å². The molecule has 0 saturated carbocycles. The van der Waals surface area contributed by atoms with Gasteiger partial charge >= 0.3 is 6.09 Å². The maximum Gasteiger partial charge on any atom is 0.407 e. The van der Waals surface area contributed by atoms with E-state index in [1.54, 1.807) is 17.5 Å². The van der Waals surface area contributed by atoms with Gasteiger partial charge in [-0.05, 0) is 44.7 Å². The van der Waals surface area contributed by atoms with E-state index >= 15 is 0 Å². The molecule has 0 aliphatic rings. The number of carbonyl (C=O) groups excluding carboxylic acids is 1. The van der Waals surface area contributed by atoms with E-state index in [4.69, 9.17) is 4.74 Å². The van der Waals surface area contributed by atoms with Crippen molar-refractivity contribution in [3.05, 3.63) is 88.4 Å². The number of aromatic nitrogens is 1. The number of thiazole rings is 1. The molecule has 0 aliphatic heterocycles. The molecule has 6 heteroatoms. The summed E-state index contributed by atoms with van der Waals surface area (Å²) in [6.45, 7) is 5.50. The van der Waals surface area contributed by atoms with Crippen LogP contribution >= 0.6 is 11.3 Å². The second-order valence-electron chi connectivity index (χ2n) is 8.91. The lowest BCUT2D eigenvalue weighted by Gasteiger charge is -2.33. The molecule has 0 radical (unpaired) electrons. The molecule has 0 saturated heterocycles. The molecule has 1 heterocycles. The maximum atomic E-state index is 12.7. The monoisotopic (exact) mass is 452 g/mol. The number of aliphatic hydroxyl groups is 1. The second kappa shape index (κ2) is 11.2. The third-order valence-corrected chi connectivity index (χ3v) is 6.03. The highest BCUT2D eigenvalue weighted by atomic mass is 32.1. The highest BCUT2D eigenvalue weighted by Gasteiger charge is 2.32. The van der Waals surface area contributed by atoms with Crippen LogP contribution in [-0.4, -0.2) is 33.9 Å². The van der Waals surface area contributed by atoms with Gasteiger partial charge in [0.05, 0.1) is 17.2 Å². The van der Waals surface area contributed by atoms with Crippen molar-refractivity contribution in [2.45, 2.75) is 63.7 Å². The number of rotatable bonds is 9. The summed E-state index contributed by atoms with van der Waals surface area (Å²) in [5.41, 5.74) is 1.58. The van der Waals surface area contributed by atoms with E-state index in [9.17, 15) is 9.90 Å². The lowest BCUT2D eigenvalue weighted by molar-refractivity contribution is 0.0384. The van der Waals surface area contributed by atoms with Crippen LogP contribution in [0.3, 0.4) is 0 Å². The number of alkyl carbamates (subject to hydrolysis) is 1. The van der Waals surface area contributed by atoms with Crippen LogP contribution < -0.4 is 5.32 Å². The molecule has 5 nitrogen and oxygen atoms in total. The summed E-state index contributed by atoms with van der Waals surface area (Å²) in [6, 6.07) is 19.7. The number of amides is 1. The highest BCUT2D eigenvalue weighted by molar-refractivity contribution is 7.09. The van der Waals surface area contributed by atoms with Crippen molar-refractivity contribution in [2.24, 2.45) is 0 Å². The van der Waals surface area contributed by atoms with Crippen LogP contribution in [0.25, 0.3) is 0 Å². The molecular weight excluding hydrogens is 420 g/mol. The Kier molecular flexibility index (Phi) is 8.42. The summed E-state index contributed by atoms with van der Waals surface area (Å²) < 4.78 is 5.53. The average molecular weight is 453 g/mol. The van der Waals surface area contributed by atoms with E-state index in [0.29, 0.717) is 19.3 Å². The first-order valence-electron chi connectivity index (χ1n) is 11.0. The molecule has 32 heavy (non-hydrogen) atoms. The SMILES string of the molecule is CC(C)(C)OC(=O)N[C@@H](C(Cc1ccccc1)c1ccccc1)[C@@H](O)CCc1nccs1. The molecule has 1 amide bonds. The summed E-state index contributed by atoms with van der Waals surface area (Å²) >= 11 is 1.57. The quantitative estimate of drug-likeness (QED) is 0.459. The molecule has 0 spiro atoms. The first kappa shape index (κ1) is 24.0. The van der Waals surface area contributed by atoms with Gasteiger partial charge in [-0.1, -0.05) is 60.7 Å². The van der Waals surface area contributed by atoms with Crippen molar-refractivity contribution in [3.63, 3.8) is 0 Å². The van der Waals surface area contributed by atoms with Crippen LogP contribution in [0.15, 0.2) is 72.2 Å². The largest absolute Gasteiger partial charge is 0.444 e. The van der Waals surface area contributed by atoms with Gasteiger partial charge in [-0.2, -0.15) is 0 Å². The summed E-state index contributed by atoms with van der Waals surface area (Å²) in [5.74, 6) is -0.127. The zero-order valence-corrected chi connectivity index (χ0v) is 19.7. The van der Waals surface area contributed by atoms with Crippen LogP contribution in [0.2, 0.25) is 0 Å². The second-order valence-corrected chi connectivity index (χ2v) is 9.89. The number of nitrogens with zero attached hydrogens (tertiary/aromatic N) is 1. The fourth-order valence-corrected chi connectivity index (χ4v) is 4.39. The van der Waals surface area contributed by atoms with Gasteiger partial charge in [-0.25, -0.2) is 9.78 Å². The van der Waals surface area contributed by atoms with Crippen molar-refractivity contribution < 1.29 is 14.6 Å². The van der Waals surface area contributed by atoms with Crippen LogP contribution in [-0.2, 0) is 17.6 Å². The van der Waals surface area contributed by atoms with Crippen LogP contribution in [0.4, 0.5) is 4.79 Å². The Labute approximate surface area is 194 Å². The van der Waals surface area contributed by atoms with E-state index in [1.165, 1.54) is 0 Å². The Hall–Kier alpha value is -2.70. The number of aryl methyl sites for hydroxylation is 1. The molecule has 0 fully saturated rings. The predicted molar refractivity (Wildman–Crippen MR) is 129 cm³/mol. The Morgan fingerprint density at radius 1 is 1.09 bits per heavy atom. The molecule has 2 aromatic carbocycles. The number of hydrogen-bond acceptors (Lipinski definition) is 5. The fourth-order valence-electron chi connectivity index (χ4n) is 3.76. The normalized spacial score (nSPS) is 14.4. The minimum absolute atomic E-state index is 0.127. The predicted octanol–water partition coefficient (Wildman–Crippen LogP) is 5.36. The van der Waals surface area contributed by atoms with E-state index in [0.717, 1.165) is 16.1 Å². The molecule has 170 valence electrons. The minimum atomic E-state index is -0.764. The average Bonchev–Trinajstić information content (AvgIpc) is 3.28. The van der Waals surface area contributed by atoms with Crippen molar-refractivity contribution in [1.29, 1.82) is 0 Å². The van der Waals surface area contributed by atoms with Gasteiger partial charge < -0.3 is 15.2 Å². The van der Waals surface area contributed by atoms with E-state index in [-0.39, 0.29) is 5.92 Å². The molecule has 0 bridgehead atoms. The third kappa shape index (κ3) is 7.46. The van der Waals surface area contributed by atoms with E-state index in [1.807, 2.05) is 74.7 Å². The fraction of sp³-hybridized carbons (Fsp3) is 0.385. The summed E-state index contributed by atoms with van der Waals surface area (Å²) in [7, 11) is 0. The number of hydrogen-bond donors (Lipinski definition) is 2. The molecule has 1 aromatic heterocycles. The van der Waals surface area contributed by atoms with Crippen molar-refractivity contribution in [1.82, 2.24) is 10.3 Å². The van der Waals surface area contributed by atoms with Gasteiger partial charge in [-0.15, -0.1) is 11.3 Å². The number of carbonyl (C=O) groups is 1. The Morgan fingerprint density at radius 2 is 1.75 bits per heavy atom. The van der Waals surface area contributed by atoms with Gasteiger partial charge in [0.2, 0.25) is 0 Å². The molecular formula is C26H32N2O3S. The van der Waals surface area contributed by atoms with E-state index in [2.05, 4.69) is 22.4 Å². The third-order valence-electron chi connectivity index (χ3n) is 5.20. The number of nitrogens with one attached hydrogen (secondary N) is 1. The molecule has 3 rings (SSSR count). The summed E-state index contributed by atoms with van der Waals surface area (Å²) in [4.78, 5) is 17.1. The first-order chi connectivity index (χ1) is 15.3. The van der Waals surface area contributed by atoms with Gasteiger partial charge in [0.1, 0.15) is 5.60 Å². The van der Waals surface area contributed by atoms with Gasteiger partial charge in [0.25, 0.3) is 0 Å². The number of benzene rings is 2. The lowest BCUT2D eigenvalue weighted by Crippen LogP contribution is -2.49. The van der Waals surface area contributed by atoms with Crippen molar-refractivity contribution >= 4 is 17.4 Å². The Morgan fingerprint density at radius 3 is 2.34 bits per heavy atom.